The molecule has 0 aromatic rings. The molecule has 0 radical (unpaired) electrons. The lowest BCUT2D eigenvalue weighted by molar-refractivity contribution is -0.148. The largest absolute Gasteiger partial charge is 0.481 e. The highest BCUT2D eigenvalue weighted by atomic mass is 16.5. The molecule has 0 rings (SSSR count). The Morgan fingerprint density at radius 3 is 2.29 bits per heavy atom. The number of carboxylic acid groups (broad SMARTS) is 2. The van der Waals surface area contributed by atoms with Crippen molar-refractivity contribution in [2.24, 2.45) is 5.92 Å². The molecule has 0 heterocycles. The van der Waals surface area contributed by atoms with Crippen LogP contribution in [0.1, 0.15) is 26.2 Å². The molecule has 6 heteroatoms. The third kappa shape index (κ3) is 7.10. The molecule has 0 amide bonds. The van der Waals surface area contributed by atoms with Crippen molar-refractivity contribution < 1.29 is 29.3 Å². The molecule has 0 aliphatic heterocycles. The first-order valence-electron chi connectivity index (χ1n) is 5.11. The molecular weight excluding hydrogens is 228 g/mol. The molecule has 0 saturated carbocycles. The van der Waals surface area contributed by atoms with Gasteiger partial charge in [-0.2, -0.15) is 0 Å². The fraction of sp³-hybridized carbons (Fsp3) is 0.545. The minimum Gasteiger partial charge on any atom is -0.481 e. The Hall–Kier alpha value is -1.85. The maximum absolute atomic E-state index is 11.0. The van der Waals surface area contributed by atoms with E-state index in [4.69, 9.17) is 14.9 Å². The van der Waals surface area contributed by atoms with E-state index < -0.39 is 30.2 Å². The summed E-state index contributed by atoms with van der Waals surface area (Å²) >= 11 is 0. The van der Waals surface area contributed by atoms with Gasteiger partial charge in [0.25, 0.3) is 0 Å². The number of ether oxygens (including phenoxy) is 1. The number of esters is 1. The van der Waals surface area contributed by atoms with E-state index in [0.29, 0.717) is 6.42 Å². The quantitative estimate of drug-likeness (QED) is 0.376. The molecule has 0 aromatic carbocycles. The molecule has 0 saturated heterocycles. The van der Waals surface area contributed by atoms with Gasteiger partial charge in [-0.25, -0.2) is 4.79 Å². The molecule has 0 bridgehead atoms. The van der Waals surface area contributed by atoms with Crippen molar-refractivity contribution in [2.45, 2.75) is 26.2 Å². The van der Waals surface area contributed by atoms with E-state index in [-0.39, 0.29) is 18.6 Å². The lowest BCUT2D eigenvalue weighted by Crippen LogP contribution is -2.18. The Kier molecular flexibility index (Phi) is 6.62. The monoisotopic (exact) mass is 244 g/mol. The van der Waals surface area contributed by atoms with Crippen LogP contribution in [0.15, 0.2) is 12.2 Å². The van der Waals surface area contributed by atoms with Crippen LogP contribution in [-0.4, -0.2) is 34.7 Å². The van der Waals surface area contributed by atoms with Crippen molar-refractivity contribution in [1.29, 1.82) is 0 Å². The summed E-state index contributed by atoms with van der Waals surface area (Å²) in [6.07, 6.45) is 0.0398. The number of hydrogen-bond acceptors (Lipinski definition) is 4. The van der Waals surface area contributed by atoms with E-state index in [0.717, 1.165) is 0 Å². The van der Waals surface area contributed by atoms with Crippen LogP contribution in [0, 0.1) is 5.92 Å². The maximum atomic E-state index is 11.0. The molecule has 6 nitrogen and oxygen atoms in total. The average Bonchev–Trinajstić information content (AvgIpc) is 2.21. The van der Waals surface area contributed by atoms with Crippen molar-refractivity contribution in [3.05, 3.63) is 12.2 Å². The van der Waals surface area contributed by atoms with E-state index in [1.54, 1.807) is 0 Å². The van der Waals surface area contributed by atoms with Crippen LogP contribution in [0.25, 0.3) is 0 Å². The molecule has 96 valence electrons. The zero-order chi connectivity index (χ0) is 13.4. The van der Waals surface area contributed by atoms with Gasteiger partial charge in [0.1, 0.15) is 0 Å². The highest BCUT2D eigenvalue weighted by Gasteiger charge is 2.20. The summed E-state index contributed by atoms with van der Waals surface area (Å²) in [5.74, 6) is -3.79. The number of hydrogen-bond donors (Lipinski definition) is 2. The fourth-order valence-corrected chi connectivity index (χ4v) is 1.14. The molecule has 0 aromatic heterocycles. The van der Waals surface area contributed by atoms with Gasteiger partial charge in [-0.1, -0.05) is 6.58 Å². The van der Waals surface area contributed by atoms with Gasteiger partial charge < -0.3 is 14.9 Å². The van der Waals surface area contributed by atoms with E-state index >= 15 is 0 Å². The van der Waals surface area contributed by atoms with Crippen molar-refractivity contribution in [1.82, 2.24) is 0 Å². The van der Waals surface area contributed by atoms with Gasteiger partial charge in [0.05, 0.1) is 18.9 Å². The second-order valence-corrected chi connectivity index (χ2v) is 3.69. The van der Waals surface area contributed by atoms with Crippen LogP contribution >= 0.6 is 0 Å². The molecule has 17 heavy (non-hydrogen) atoms. The number of aliphatic carboxylic acids is 2. The van der Waals surface area contributed by atoms with Crippen LogP contribution in [0.3, 0.4) is 0 Å². The SMILES string of the molecule is C=C(C)C(=O)OCCCC(CC(=O)O)C(=O)O. The molecule has 2 N–H and O–H groups in total. The summed E-state index contributed by atoms with van der Waals surface area (Å²) in [5.41, 5.74) is 0.269. The molecule has 1 unspecified atom stereocenters. The number of rotatable bonds is 8. The third-order valence-corrected chi connectivity index (χ3v) is 2.05. The Morgan fingerprint density at radius 1 is 1.29 bits per heavy atom. The lowest BCUT2D eigenvalue weighted by Gasteiger charge is -2.09. The zero-order valence-corrected chi connectivity index (χ0v) is 9.64. The van der Waals surface area contributed by atoms with Gasteiger partial charge in [-0.05, 0) is 19.8 Å². The topological polar surface area (TPSA) is 101 Å². The maximum Gasteiger partial charge on any atom is 0.333 e. The van der Waals surface area contributed by atoms with Crippen LogP contribution in [0.5, 0.6) is 0 Å². The highest BCUT2D eigenvalue weighted by Crippen LogP contribution is 2.12. The fourth-order valence-electron chi connectivity index (χ4n) is 1.14. The molecular formula is C11H16O6. The van der Waals surface area contributed by atoms with E-state index in [9.17, 15) is 14.4 Å². The number of carbonyl (C=O) groups excluding carboxylic acids is 1. The van der Waals surface area contributed by atoms with Crippen molar-refractivity contribution in [2.75, 3.05) is 6.61 Å². The van der Waals surface area contributed by atoms with Crippen molar-refractivity contribution in [3.63, 3.8) is 0 Å². The second kappa shape index (κ2) is 7.43. The predicted molar refractivity (Wildman–Crippen MR) is 58.4 cm³/mol. The Bertz CT molecular complexity index is 320. The van der Waals surface area contributed by atoms with Crippen LogP contribution in [0.4, 0.5) is 0 Å². The summed E-state index contributed by atoms with van der Waals surface area (Å²) < 4.78 is 4.76. The summed E-state index contributed by atoms with van der Waals surface area (Å²) in [5, 5.41) is 17.2. The minimum atomic E-state index is -1.16. The van der Waals surface area contributed by atoms with Crippen molar-refractivity contribution in [3.8, 4) is 0 Å². The summed E-state index contributed by atoms with van der Waals surface area (Å²) in [7, 11) is 0. The average molecular weight is 244 g/mol. The second-order valence-electron chi connectivity index (χ2n) is 3.69. The van der Waals surface area contributed by atoms with Crippen LogP contribution < -0.4 is 0 Å². The highest BCUT2D eigenvalue weighted by molar-refractivity contribution is 5.86. The molecule has 0 fully saturated rings. The third-order valence-electron chi connectivity index (χ3n) is 2.05. The molecule has 0 aliphatic carbocycles. The predicted octanol–water partition coefficient (Wildman–Crippen LogP) is 1.06. The normalized spacial score (nSPS) is 11.6. The van der Waals surface area contributed by atoms with Gasteiger partial charge in [0.2, 0.25) is 0 Å². The molecule has 0 spiro atoms. The standard InChI is InChI=1S/C11H16O6/c1-7(2)11(16)17-5-3-4-8(10(14)15)6-9(12)13/h8H,1,3-6H2,2H3,(H,12,13)(H,14,15). The minimum absolute atomic E-state index is 0.0646. The molecule has 0 aliphatic rings. The Labute approximate surface area is 98.9 Å². The van der Waals surface area contributed by atoms with E-state index in [1.165, 1.54) is 6.92 Å². The summed E-state index contributed by atoms with van der Waals surface area (Å²) in [6.45, 7) is 4.96. The van der Waals surface area contributed by atoms with Gasteiger partial charge >= 0.3 is 17.9 Å². The van der Waals surface area contributed by atoms with Crippen LogP contribution in [0.2, 0.25) is 0 Å². The first-order valence-corrected chi connectivity index (χ1v) is 5.11. The van der Waals surface area contributed by atoms with Gasteiger partial charge in [0, 0.05) is 5.57 Å². The smallest absolute Gasteiger partial charge is 0.333 e. The molecule has 1 atom stereocenters. The Balaban J connectivity index is 3.91. The van der Waals surface area contributed by atoms with Gasteiger partial charge in [-0.15, -0.1) is 0 Å². The lowest BCUT2D eigenvalue weighted by atomic mass is 10.00. The first kappa shape index (κ1) is 15.2. The number of carboxylic acids is 2. The first-order chi connectivity index (χ1) is 7.84. The number of carbonyl (C=O) groups is 3. The summed E-state index contributed by atoms with van der Waals surface area (Å²) in [4.78, 5) is 32.0. The van der Waals surface area contributed by atoms with Crippen LogP contribution in [-0.2, 0) is 19.1 Å². The summed E-state index contributed by atoms with van der Waals surface area (Å²) in [6, 6.07) is 0. The van der Waals surface area contributed by atoms with Gasteiger partial charge in [0.15, 0.2) is 0 Å². The van der Waals surface area contributed by atoms with E-state index in [2.05, 4.69) is 6.58 Å². The van der Waals surface area contributed by atoms with E-state index in [1.807, 2.05) is 0 Å². The zero-order valence-electron chi connectivity index (χ0n) is 9.64. The van der Waals surface area contributed by atoms with Gasteiger partial charge in [-0.3, -0.25) is 9.59 Å². The Morgan fingerprint density at radius 2 is 1.88 bits per heavy atom. The van der Waals surface area contributed by atoms with Crippen molar-refractivity contribution >= 4 is 17.9 Å².